The molecule has 4 nitrogen and oxygen atoms in total. The van der Waals surface area contributed by atoms with E-state index < -0.39 is 23.6 Å². The first-order chi connectivity index (χ1) is 10.2. The number of carboxylic acids is 1. The monoisotopic (exact) mass is 316 g/mol. The zero-order chi connectivity index (χ0) is 16.5. The second kappa shape index (κ2) is 6.24. The van der Waals surface area contributed by atoms with E-state index in [0.29, 0.717) is 18.7 Å². The Hall–Kier alpha value is -1.63. The van der Waals surface area contributed by atoms with E-state index in [2.05, 4.69) is 4.98 Å². The second-order valence-corrected chi connectivity index (χ2v) is 5.82. The molecular weight excluding hydrogens is 297 g/mol. The Kier molecular flexibility index (Phi) is 4.75. The highest BCUT2D eigenvalue weighted by atomic mass is 19.4. The fourth-order valence-corrected chi connectivity index (χ4v) is 2.96. The van der Waals surface area contributed by atoms with Crippen molar-refractivity contribution >= 4 is 5.97 Å². The molecule has 3 atom stereocenters. The summed E-state index contributed by atoms with van der Waals surface area (Å²) in [4.78, 5) is 17.1. The summed E-state index contributed by atoms with van der Waals surface area (Å²) in [5.41, 5.74) is -0.267. The van der Waals surface area contributed by atoms with Gasteiger partial charge in [-0.15, -0.1) is 0 Å². The number of hydrogen-bond acceptors (Lipinski definition) is 3. The first kappa shape index (κ1) is 16.7. The van der Waals surface area contributed by atoms with Gasteiger partial charge in [0.15, 0.2) is 0 Å². The first-order valence-corrected chi connectivity index (χ1v) is 7.21. The molecule has 1 aromatic heterocycles. The van der Waals surface area contributed by atoms with Crippen molar-refractivity contribution in [3.8, 4) is 0 Å². The molecule has 0 amide bonds. The molecule has 0 bridgehead atoms. The second-order valence-electron chi connectivity index (χ2n) is 5.82. The fourth-order valence-electron chi connectivity index (χ4n) is 2.96. The molecule has 1 aliphatic heterocycles. The summed E-state index contributed by atoms with van der Waals surface area (Å²) in [6.07, 6.45) is -2.20. The molecular formula is C15H19F3N2O2. The molecule has 1 aromatic rings. The Morgan fingerprint density at radius 1 is 1.36 bits per heavy atom. The Morgan fingerprint density at radius 3 is 2.55 bits per heavy atom. The summed E-state index contributed by atoms with van der Waals surface area (Å²) >= 11 is 0. The van der Waals surface area contributed by atoms with Crippen LogP contribution in [0.25, 0.3) is 0 Å². The molecule has 0 aliphatic carbocycles. The highest BCUT2D eigenvalue weighted by Gasteiger charge is 2.36. The Labute approximate surface area is 127 Å². The third-order valence-electron chi connectivity index (χ3n) is 4.38. The van der Waals surface area contributed by atoms with Crippen LogP contribution < -0.4 is 0 Å². The Bertz CT molecular complexity index is 531. The van der Waals surface area contributed by atoms with Crippen LogP contribution in [0.5, 0.6) is 0 Å². The zero-order valence-corrected chi connectivity index (χ0v) is 12.5. The number of rotatable bonds is 3. The predicted octanol–water partition coefficient (Wildman–Crippen LogP) is 3.17. The predicted molar refractivity (Wildman–Crippen MR) is 74.1 cm³/mol. The maximum atomic E-state index is 12.5. The molecule has 0 aromatic carbocycles. The number of nitrogens with zero attached hydrogens (tertiary/aromatic N) is 2. The number of aromatic nitrogens is 1. The normalized spacial score (nSPS) is 26.9. The smallest absolute Gasteiger partial charge is 0.417 e. The summed E-state index contributed by atoms with van der Waals surface area (Å²) in [7, 11) is 0. The van der Waals surface area contributed by atoms with E-state index >= 15 is 0 Å². The molecule has 0 spiro atoms. The van der Waals surface area contributed by atoms with Crippen molar-refractivity contribution in [1.82, 2.24) is 9.88 Å². The van der Waals surface area contributed by atoms with Crippen molar-refractivity contribution in [1.29, 1.82) is 0 Å². The van der Waals surface area contributed by atoms with Gasteiger partial charge in [0.25, 0.3) is 0 Å². The van der Waals surface area contributed by atoms with Crippen molar-refractivity contribution in [3.63, 3.8) is 0 Å². The molecule has 0 radical (unpaired) electrons. The lowest BCUT2D eigenvalue weighted by molar-refractivity contribution is -0.147. The lowest BCUT2D eigenvalue weighted by Gasteiger charge is -2.42. The number of alkyl halides is 3. The van der Waals surface area contributed by atoms with E-state index in [9.17, 15) is 23.1 Å². The molecule has 1 fully saturated rings. The summed E-state index contributed by atoms with van der Waals surface area (Å²) < 4.78 is 37.6. The van der Waals surface area contributed by atoms with Gasteiger partial charge in [0, 0.05) is 24.8 Å². The highest BCUT2D eigenvalue weighted by molar-refractivity contribution is 5.71. The van der Waals surface area contributed by atoms with Gasteiger partial charge in [-0.1, -0.05) is 0 Å². The van der Waals surface area contributed by atoms with Gasteiger partial charge in [-0.2, -0.15) is 13.2 Å². The van der Waals surface area contributed by atoms with Crippen LogP contribution in [0.3, 0.4) is 0 Å². The minimum absolute atomic E-state index is 0.176. The molecule has 2 heterocycles. The van der Waals surface area contributed by atoms with Crippen molar-refractivity contribution in [2.75, 3.05) is 0 Å². The SMILES string of the molecule is C[C@@H]1CC[C@H](C(=O)O)[C@H](C)N1Cc1ccc(C(F)(F)F)cn1. The van der Waals surface area contributed by atoms with Gasteiger partial charge >= 0.3 is 12.1 Å². The molecule has 1 saturated heterocycles. The van der Waals surface area contributed by atoms with Crippen LogP contribution in [0.4, 0.5) is 13.2 Å². The first-order valence-electron chi connectivity index (χ1n) is 7.21. The number of pyridine rings is 1. The van der Waals surface area contributed by atoms with E-state index in [-0.39, 0.29) is 12.1 Å². The van der Waals surface area contributed by atoms with Crippen molar-refractivity contribution in [3.05, 3.63) is 29.6 Å². The minimum Gasteiger partial charge on any atom is -0.481 e. The fraction of sp³-hybridized carbons (Fsp3) is 0.600. The third-order valence-corrected chi connectivity index (χ3v) is 4.38. The van der Waals surface area contributed by atoms with Crippen molar-refractivity contribution in [2.45, 2.75) is 51.5 Å². The number of aliphatic carboxylic acids is 1. The molecule has 1 N–H and O–H groups in total. The maximum Gasteiger partial charge on any atom is 0.417 e. The van der Waals surface area contributed by atoms with Gasteiger partial charge in [-0.3, -0.25) is 14.7 Å². The summed E-state index contributed by atoms with van der Waals surface area (Å²) in [5, 5.41) is 9.24. The van der Waals surface area contributed by atoms with Crippen LogP contribution in [0.1, 0.15) is 37.9 Å². The van der Waals surface area contributed by atoms with Crippen LogP contribution in [0, 0.1) is 5.92 Å². The number of likely N-dealkylation sites (tertiary alicyclic amines) is 1. The summed E-state index contributed by atoms with van der Waals surface area (Å²) in [5.74, 6) is -1.28. The maximum absolute atomic E-state index is 12.5. The van der Waals surface area contributed by atoms with Crippen LogP contribution in [-0.2, 0) is 17.5 Å². The van der Waals surface area contributed by atoms with Gasteiger partial charge in [0.2, 0.25) is 0 Å². The van der Waals surface area contributed by atoms with E-state index in [1.54, 1.807) is 0 Å². The quantitative estimate of drug-likeness (QED) is 0.930. The van der Waals surface area contributed by atoms with Gasteiger partial charge < -0.3 is 5.11 Å². The average Bonchev–Trinajstić information content (AvgIpc) is 2.42. The molecule has 7 heteroatoms. The Morgan fingerprint density at radius 2 is 2.05 bits per heavy atom. The van der Waals surface area contributed by atoms with Gasteiger partial charge in [-0.25, -0.2) is 0 Å². The number of carboxylic acid groups (broad SMARTS) is 1. The molecule has 22 heavy (non-hydrogen) atoms. The number of piperidine rings is 1. The van der Waals surface area contributed by atoms with E-state index in [0.717, 1.165) is 18.7 Å². The molecule has 0 unspecified atom stereocenters. The number of hydrogen-bond donors (Lipinski definition) is 1. The largest absolute Gasteiger partial charge is 0.481 e. The summed E-state index contributed by atoms with van der Waals surface area (Å²) in [6, 6.07) is 2.36. The summed E-state index contributed by atoms with van der Waals surface area (Å²) in [6.45, 7) is 4.20. The number of halogens is 3. The average molecular weight is 316 g/mol. The van der Waals surface area contributed by atoms with Crippen LogP contribution >= 0.6 is 0 Å². The van der Waals surface area contributed by atoms with Gasteiger partial charge in [-0.05, 0) is 38.8 Å². The molecule has 0 saturated carbocycles. The minimum atomic E-state index is -4.40. The van der Waals surface area contributed by atoms with Crippen LogP contribution in [-0.4, -0.2) is 33.0 Å². The van der Waals surface area contributed by atoms with E-state index in [4.69, 9.17) is 0 Å². The van der Waals surface area contributed by atoms with E-state index in [1.807, 2.05) is 18.7 Å². The molecule has 2 rings (SSSR count). The van der Waals surface area contributed by atoms with Crippen LogP contribution in [0.15, 0.2) is 18.3 Å². The lowest BCUT2D eigenvalue weighted by atomic mass is 9.86. The molecule has 1 aliphatic rings. The Balaban J connectivity index is 2.12. The number of carbonyl (C=O) groups is 1. The standard InChI is InChI=1S/C15H19F3N2O2/c1-9-3-6-13(14(21)22)10(2)20(9)8-12-5-4-11(7-19-12)15(16,17)18/h4-5,7,9-10,13H,3,6,8H2,1-2H3,(H,21,22)/t9-,10+,13+/m1/s1. The van der Waals surface area contributed by atoms with Crippen LogP contribution in [0.2, 0.25) is 0 Å². The van der Waals surface area contributed by atoms with Crippen molar-refractivity contribution < 1.29 is 23.1 Å². The van der Waals surface area contributed by atoms with Gasteiger partial charge in [0.05, 0.1) is 17.2 Å². The van der Waals surface area contributed by atoms with E-state index in [1.165, 1.54) is 6.07 Å². The topological polar surface area (TPSA) is 53.4 Å². The van der Waals surface area contributed by atoms with Gasteiger partial charge in [0.1, 0.15) is 0 Å². The van der Waals surface area contributed by atoms with Crippen molar-refractivity contribution in [2.24, 2.45) is 5.92 Å². The molecule has 122 valence electrons. The third kappa shape index (κ3) is 3.58. The lowest BCUT2D eigenvalue weighted by Crippen LogP contribution is -2.50. The highest BCUT2D eigenvalue weighted by Crippen LogP contribution is 2.31. The zero-order valence-electron chi connectivity index (χ0n) is 12.5.